The first-order valence-corrected chi connectivity index (χ1v) is 5.37. The summed E-state index contributed by atoms with van der Waals surface area (Å²) < 4.78 is 4.58. The molecule has 0 aliphatic carbocycles. The van der Waals surface area contributed by atoms with Crippen molar-refractivity contribution in [2.24, 2.45) is 0 Å². The summed E-state index contributed by atoms with van der Waals surface area (Å²) in [7, 11) is 3.23. The first-order chi connectivity index (χ1) is 8.08. The van der Waals surface area contributed by atoms with Gasteiger partial charge in [-0.25, -0.2) is 0 Å². The number of aryl methyl sites for hydroxylation is 1. The van der Waals surface area contributed by atoms with E-state index in [1.54, 1.807) is 0 Å². The van der Waals surface area contributed by atoms with Gasteiger partial charge in [-0.1, -0.05) is 6.07 Å². The number of methoxy groups -OCH3 is 1. The Labute approximate surface area is 101 Å². The summed E-state index contributed by atoms with van der Waals surface area (Å²) in [6, 6.07) is 7.84. The number of carbonyl (C=O) groups excluding carboxylic acids is 1. The lowest BCUT2D eigenvalue weighted by Gasteiger charge is -2.20. The highest BCUT2D eigenvalue weighted by molar-refractivity contribution is 5.70. The monoisotopic (exact) mass is 232 g/mol. The zero-order valence-electron chi connectivity index (χ0n) is 10.4. The van der Waals surface area contributed by atoms with Gasteiger partial charge in [0, 0.05) is 13.6 Å². The summed E-state index contributed by atoms with van der Waals surface area (Å²) in [6.07, 6.45) is 0.311. The van der Waals surface area contributed by atoms with Crippen molar-refractivity contribution in [3.8, 4) is 6.07 Å². The summed E-state index contributed by atoms with van der Waals surface area (Å²) in [5.41, 5.74) is 2.51. The number of nitriles is 1. The van der Waals surface area contributed by atoms with Crippen LogP contribution in [0.1, 0.15) is 17.5 Å². The molecule has 0 aliphatic heterocycles. The molecule has 0 fully saturated rings. The third kappa shape index (κ3) is 3.49. The fraction of sp³-hybridized carbons (Fsp3) is 0.385. The van der Waals surface area contributed by atoms with Crippen molar-refractivity contribution in [1.29, 1.82) is 5.26 Å². The number of rotatable bonds is 4. The van der Waals surface area contributed by atoms with E-state index in [1.165, 1.54) is 7.11 Å². The topological polar surface area (TPSA) is 53.3 Å². The molecule has 0 unspecified atom stereocenters. The molecule has 0 aromatic heterocycles. The zero-order chi connectivity index (χ0) is 12.8. The summed E-state index contributed by atoms with van der Waals surface area (Å²) >= 11 is 0. The van der Waals surface area contributed by atoms with Crippen molar-refractivity contribution in [1.82, 2.24) is 0 Å². The summed E-state index contributed by atoms with van der Waals surface area (Å²) in [5, 5.41) is 9.05. The largest absolute Gasteiger partial charge is 0.469 e. The van der Waals surface area contributed by atoms with Gasteiger partial charge in [-0.05, 0) is 24.6 Å². The molecule has 90 valence electrons. The Bertz CT molecular complexity index is 449. The van der Waals surface area contributed by atoms with Gasteiger partial charge in [0.15, 0.2) is 0 Å². The SMILES string of the molecule is COC(=O)CCN(C)c1ccc(C)cc1C#N. The van der Waals surface area contributed by atoms with Crippen LogP contribution in [0, 0.1) is 18.3 Å². The minimum absolute atomic E-state index is 0.248. The number of anilines is 1. The van der Waals surface area contributed by atoms with E-state index < -0.39 is 0 Å². The maximum atomic E-state index is 11.0. The van der Waals surface area contributed by atoms with Crippen molar-refractivity contribution in [2.45, 2.75) is 13.3 Å². The van der Waals surface area contributed by atoms with E-state index in [1.807, 2.05) is 37.1 Å². The number of ether oxygens (including phenoxy) is 1. The molecule has 0 radical (unpaired) electrons. The Kier molecular flexibility index (Phi) is 4.53. The lowest BCUT2D eigenvalue weighted by molar-refractivity contribution is -0.140. The third-order valence-electron chi connectivity index (χ3n) is 2.56. The van der Waals surface area contributed by atoms with E-state index in [2.05, 4.69) is 10.8 Å². The second kappa shape index (κ2) is 5.90. The summed E-state index contributed by atoms with van der Waals surface area (Å²) in [4.78, 5) is 12.9. The van der Waals surface area contributed by atoms with Crippen molar-refractivity contribution < 1.29 is 9.53 Å². The Hall–Kier alpha value is -2.02. The normalized spacial score (nSPS) is 9.53. The highest BCUT2D eigenvalue weighted by Gasteiger charge is 2.09. The molecule has 0 N–H and O–H groups in total. The lowest BCUT2D eigenvalue weighted by atomic mass is 10.1. The van der Waals surface area contributed by atoms with Crippen molar-refractivity contribution in [2.75, 3.05) is 25.6 Å². The molecule has 0 spiro atoms. The smallest absolute Gasteiger partial charge is 0.307 e. The molecule has 1 rings (SSSR count). The predicted octanol–water partition coefficient (Wildman–Crippen LogP) is 1.87. The summed E-state index contributed by atoms with van der Waals surface area (Å²) in [5.74, 6) is -0.248. The van der Waals surface area contributed by atoms with Gasteiger partial charge in [0.2, 0.25) is 0 Å². The first-order valence-electron chi connectivity index (χ1n) is 5.37. The predicted molar refractivity (Wildman–Crippen MR) is 65.8 cm³/mol. The molecule has 0 amide bonds. The van der Waals surface area contributed by atoms with Crippen LogP contribution in [0.3, 0.4) is 0 Å². The van der Waals surface area contributed by atoms with Gasteiger partial charge >= 0.3 is 5.97 Å². The maximum Gasteiger partial charge on any atom is 0.307 e. The van der Waals surface area contributed by atoms with Gasteiger partial charge < -0.3 is 9.64 Å². The number of carbonyl (C=O) groups is 1. The van der Waals surface area contributed by atoms with Crippen LogP contribution in [-0.2, 0) is 9.53 Å². The van der Waals surface area contributed by atoms with E-state index in [4.69, 9.17) is 5.26 Å². The Morgan fingerprint density at radius 3 is 2.82 bits per heavy atom. The zero-order valence-corrected chi connectivity index (χ0v) is 10.4. The van der Waals surface area contributed by atoms with Gasteiger partial charge in [0.25, 0.3) is 0 Å². The molecule has 1 aromatic carbocycles. The standard InChI is InChI=1S/C13H16N2O2/c1-10-4-5-12(11(8-10)9-14)15(2)7-6-13(16)17-3/h4-5,8H,6-7H2,1-3H3. The quantitative estimate of drug-likeness (QED) is 0.744. The second-order valence-electron chi connectivity index (χ2n) is 3.88. The molecule has 4 heteroatoms. The Morgan fingerprint density at radius 2 is 2.24 bits per heavy atom. The van der Waals surface area contributed by atoms with Crippen molar-refractivity contribution in [3.05, 3.63) is 29.3 Å². The summed E-state index contributed by atoms with van der Waals surface area (Å²) in [6.45, 7) is 2.48. The number of nitrogens with zero attached hydrogens (tertiary/aromatic N) is 2. The Balaban J connectivity index is 2.79. The second-order valence-corrected chi connectivity index (χ2v) is 3.88. The van der Waals surface area contributed by atoms with E-state index in [0.717, 1.165) is 11.3 Å². The van der Waals surface area contributed by atoms with Crippen LogP contribution in [0.2, 0.25) is 0 Å². The Morgan fingerprint density at radius 1 is 1.53 bits per heavy atom. The van der Waals surface area contributed by atoms with Gasteiger partial charge in [-0.2, -0.15) is 5.26 Å². The molecule has 0 bridgehead atoms. The van der Waals surface area contributed by atoms with E-state index in [9.17, 15) is 4.79 Å². The van der Waals surface area contributed by atoms with Crippen LogP contribution < -0.4 is 4.90 Å². The minimum Gasteiger partial charge on any atom is -0.469 e. The van der Waals surface area contributed by atoms with Crippen molar-refractivity contribution >= 4 is 11.7 Å². The van der Waals surface area contributed by atoms with Crippen LogP contribution >= 0.6 is 0 Å². The van der Waals surface area contributed by atoms with Crippen LogP contribution in [0.4, 0.5) is 5.69 Å². The van der Waals surface area contributed by atoms with E-state index >= 15 is 0 Å². The maximum absolute atomic E-state index is 11.0. The average Bonchev–Trinajstić information content (AvgIpc) is 2.35. The molecule has 4 nitrogen and oxygen atoms in total. The number of benzene rings is 1. The lowest BCUT2D eigenvalue weighted by Crippen LogP contribution is -2.22. The van der Waals surface area contributed by atoms with Crippen LogP contribution in [-0.4, -0.2) is 26.7 Å². The molecule has 0 atom stereocenters. The first kappa shape index (κ1) is 13.0. The number of esters is 1. The van der Waals surface area contributed by atoms with E-state index in [-0.39, 0.29) is 5.97 Å². The molecule has 0 heterocycles. The molecular formula is C13H16N2O2. The van der Waals surface area contributed by atoms with Crippen LogP contribution in [0.5, 0.6) is 0 Å². The fourth-order valence-electron chi connectivity index (χ4n) is 1.55. The third-order valence-corrected chi connectivity index (χ3v) is 2.56. The van der Waals surface area contributed by atoms with E-state index in [0.29, 0.717) is 18.5 Å². The molecule has 1 aromatic rings. The number of hydrogen-bond donors (Lipinski definition) is 0. The van der Waals surface area contributed by atoms with Crippen LogP contribution in [0.25, 0.3) is 0 Å². The molecule has 0 saturated heterocycles. The molecule has 0 saturated carbocycles. The van der Waals surface area contributed by atoms with Gasteiger partial charge in [0.05, 0.1) is 24.8 Å². The molecule has 17 heavy (non-hydrogen) atoms. The highest BCUT2D eigenvalue weighted by atomic mass is 16.5. The van der Waals surface area contributed by atoms with Crippen LogP contribution in [0.15, 0.2) is 18.2 Å². The van der Waals surface area contributed by atoms with Gasteiger partial charge in [-0.3, -0.25) is 4.79 Å². The van der Waals surface area contributed by atoms with Crippen molar-refractivity contribution in [3.63, 3.8) is 0 Å². The average molecular weight is 232 g/mol. The molecular weight excluding hydrogens is 216 g/mol. The van der Waals surface area contributed by atoms with Gasteiger partial charge in [0.1, 0.15) is 6.07 Å². The highest BCUT2D eigenvalue weighted by Crippen LogP contribution is 2.20. The minimum atomic E-state index is -0.248. The fourth-order valence-corrected chi connectivity index (χ4v) is 1.55. The number of hydrogen-bond acceptors (Lipinski definition) is 4. The molecule has 0 aliphatic rings. The van der Waals surface area contributed by atoms with Gasteiger partial charge in [-0.15, -0.1) is 0 Å².